The maximum atomic E-state index is 2.49. The van der Waals surface area contributed by atoms with Crippen molar-refractivity contribution in [2.45, 2.75) is 19.3 Å². The number of fused-ring (bicyclic) bond motifs is 6. The highest BCUT2D eigenvalue weighted by atomic mass is 15.1. The van der Waals surface area contributed by atoms with E-state index in [1.807, 2.05) is 0 Å². The van der Waals surface area contributed by atoms with Gasteiger partial charge in [0.05, 0.1) is 16.7 Å². The van der Waals surface area contributed by atoms with Gasteiger partial charge in [-0.2, -0.15) is 0 Å². The summed E-state index contributed by atoms with van der Waals surface area (Å²) in [6, 6.07) is 88.8. The van der Waals surface area contributed by atoms with Crippen LogP contribution in [-0.4, -0.2) is 4.57 Å². The Hall–Kier alpha value is -8.20. The molecule has 0 radical (unpaired) electrons. The van der Waals surface area contributed by atoms with Crippen LogP contribution < -0.4 is 4.90 Å². The van der Waals surface area contributed by atoms with Gasteiger partial charge in [0.2, 0.25) is 0 Å². The zero-order valence-electron chi connectivity index (χ0n) is 36.5. The molecule has 0 saturated carbocycles. The number of aromatic nitrogens is 1. The van der Waals surface area contributed by atoms with Crippen LogP contribution in [0.3, 0.4) is 0 Å². The molecular weight excluding hydrogens is 785 g/mol. The number of hydrogen-bond donors (Lipinski definition) is 0. The van der Waals surface area contributed by atoms with Crippen LogP contribution in [0.5, 0.6) is 0 Å². The van der Waals surface area contributed by atoms with Gasteiger partial charge in [0, 0.05) is 44.4 Å². The van der Waals surface area contributed by atoms with Gasteiger partial charge >= 0.3 is 0 Å². The smallest absolute Gasteiger partial charge is 0.0619 e. The summed E-state index contributed by atoms with van der Waals surface area (Å²) in [5.41, 5.74) is 21.7. The average molecular weight is 831 g/mol. The molecule has 0 N–H and O–H groups in total. The lowest BCUT2D eigenvalue weighted by atomic mass is 9.82. The Labute approximate surface area is 381 Å². The molecule has 10 aromatic carbocycles. The summed E-state index contributed by atoms with van der Waals surface area (Å²) in [7, 11) is 0. The second-order valence-corrected chi connectivity index (χ2v) is 17.7. The van der Waals surface area contributed by atoms with Crippen molar-refractivity contribution in [3.63, 3.8) is 0 Å². The van der Waals surface area contributed by atoms with Gasteiger partial charge in [-0.05, 0) is 110 Å². The topological polar surface area (TPSA) is 8.17 Å². The number of rotatable bonds is 8. The SMILES string of the molecule is CC1(C)c2ccccc2-c2ccc(N(c3ccc(-c4ccccc4)cc3)c3ccc(-c4ccccc4-n4c5ccccc5c5cccc(-c6cccc(-c7ccccc7)c6)c54)cc3)cc21. The molecule has 0 fully saturated rings. The first-order valence-electron chi connectivity index (χ1n) is 22.6. The van der Waals surface area contributed by atoms with Crippen LogP contribution >= 0.6 is 0 Å². The minimum Gasteiger partial charge on any atom is -0.310 e. The Kier molecular flexibility index (Phi) is 9.21. The monoisotopic (exact) mass is 830 g/mol. The van der Waals surface area contributed by atoms with E-state index < -0.39 is 0 Å². The molecule has 1 aliphatic carbocycles. The maximum absolute atomic E-state index is 2.49. The van der Waals surface area contributed by atoms with E-state index in [0.717, 1.165) is 28.3 Å². The van der Waals surface area contributed by atoms with Crippen molar-refractivity contribution < 1.29 is 0 Å². The lowest BCUT2D eigenvalue weighted by Gasteiger charge is -2.28. The quantitative estimate of drug-likeness (QED) is 0.148. The van der Waals surface area contributed by atoms with Crippen molar-refractivity contribution in [2.24, 2.45) is 0 Å². The molecule has 0 spiro atoms. The molecule has 1 aromatic heterocycles. The molecule has 2 heteroatoms. The number of para-hydroxylation sites is 3. The van der Waals surface area contributed by atoms with E-state index in [2.05, 4.69) is 266 Å². The highest BCUT2D eigenvalue weighted by Gasteiger charge is 2.35. The fourth-order valence-corrected chi connectivity index (χ4v) is 10.4. The van der Waals surface area contributed by atoms with Crippen LogP contribution in [-0.2, 0) is 5.41 Å². The van der Waals surface area contributed by atoms with E-state index in [4.69, 9.17) is 0 Å². The summed E-state index contributed by atoms with van der Waals surface area (Å²) in [5, 5.41) is 2.48. The van der Waals surface area contributed by atoms with Crippen molar-refractivity contribution in [3.8, 4) is 61.3 Å². The molecule has 1 aliphatic rings. The van der Waals surface area contributed by atoms with Crippen LogP contribution in [0.4, 0.5) is 17.1 Å². The summed E-state index contributed by atoms with van der Waals surface area (Å²) in [5.74, 6) is 0. The van der Waals surface area contributed by atoms with E-state index in [9.17, 15) is 0 Å². The lowest BCUT2D eigenvalue weighted by Crippen LogP contribution is -2.16. The highest BCUT2D eigenvalue weighted by Crippen LogP contribution is 2.51. The van der Waals surface area contributed by atoms with Gasteiger partial charge in [0.1, 0.15) is 0 Å². The van der Waals surface area contributed by atoms with Crippen LogP contribution in [0.25, 0.3) is 83.1 Å². The van der Waals surface area contributed by atoms with Crippen molar-refractivity contribution in [2.75, 3.05) is 4.90 Å². The third-order valence-electron chi connectivity index (χ3n) is 13.6. The molecule has 308 valence electrons. The van der Waals surface area contributed by atoms with Crippen molar-refractivity contribution >= 4 is 38.9 Å². The Bertz CT molecular complexity index is 3540. The zero-order valence-corrected chi connectivity index (χ0v) is 36.5. The minimum atomic E-state index is -0.115. The highest BCUT2D eigenvalue weighted by molar-refractivity contribution is 6.14. The van der Waals surface area contributed by atoms with Crippen molar-refractivity contribution in [3.05, 3.63) is 254 Å². The Balaban J connectivity index is 0.988. The van der Waals surface area contributed by atoms with Crippen LogP contribution in [0.1, 0.15) is 25.0 Å². The third-order valence-corrected chi connectivity index (χ3v) is 13.6. The minimum absolute atomic E-state index is 0.115. The summed E-state index contributed by atoms with van der Waals surface area (Å²) in [6.07, 6.45) is 0. The fourth-order valence-electron chi connectivity index (χ4n) is 10.4. The van der Waals surface area contributed by atoms with Crippen molar-refractivity contribution in [1.29, 1.82) is 0 Å². The number of hydrogen-bond acceptors (Lipinski definition) is 1. The van der Waals surface area contributed by atoms with E-state index >= 15 is 0 Å². The molecular formula is C63H46N2. The normalized spacial score (nSPS) is 12.6. The maximum Gasteiger partial charge on any atom is 0.0619 e. The number of nitrogens with zero attached hydrogens (tertiary/aromatic N) is 2. The average Bonchev–Trinajstić information content (AvgIpc) is 3.83. The van der Waals surface area contributed by atoms with Gasteiger partial charge in [0.25, 0.3) is 0 Å². The molecule has 12 rings (SSSR count). The zero-order chi connectivity index (χ0) is 43.5. The predicted molar refractivity (Wildman–Crippen MR) is 275 cm³/mol. The lowest BCUT2D eigenvalue weighted by molar-refractivity contribution is 0.660. The first-order chi connectivity index (χ1) is 32.0. The van der Waals surface area contributed by atoms with Gasteiger partial charge in [0.15, 0.2) is 0 Å². The van der Waals surface area contributed by atoms with Crippen molar-refractivity contribution in [1.82, 2.24) is 4.57 Å². The molecule has 11 aromatic rings. The fraction of sp³-hybridized carbons (Fsp3) is 0.0476. The van der Waals surface area contributed by atoms with Crippen LogP contribution in [0, 0.1) is 0 Å². The molecule has 0 amide bonds. The largest absolute Gasteiger partial charge is 0.310 e. The van der Waals surface area contributed by atoms with Gasteiger partial charge in [-0.25, -0.2) is 0 Å². The Morgan fingerprint density at radius 3 is 1.58 bits per heavy atom. The van der Waals surface area contributed by atoms with Crippen LogP contribution in [0.2, 0.25) is 0 Å². The van der Waals surface area contributed by atoms with E-state index in [-0.39, 0.29) is 5.41 Å². The second kappa shape index (κ2) is 15.6. The summed E-state index contributed by atoms with van der Waals surface area (Å²) in [4.78, 5) is 2.41. The molecule has 0 unspecified atom stereocenters. The van der Waals surface area contributed by atoms with E-state index in [0.29, 0.717) is 0 Å². The van der Waals surface area contributed by atoms with Gasteiger partial charge in [-0.3, -0.25) is 0 Å². The van der Waals surface area contributed by atoms with Gasteiger partial charge in [-0.15, -0.1) is 0 Å². The second-order valence-electron chi connectivity index (χ2n) is 17.7. The predicted octanol–water partition coefficient (Wildman–Crippen LogP) is 17.2. The summed E-state index contributed by atoms with van der Waals surface area (Å²) in [6.45, 7) is 4.71. The molecule has 2 nitrogen and oxygen atoms in total. The first-order valence-corrected chi connectivity index (χ1v) is 22.6. The molecule has 0 atom stereocenters. The molecule has 0 aliphatic heterocycles. The Morgan fingerprint density at radius 2 is 0.831 bits per heavy atom. The van der Waals surface area contributed by atoms with E-state index in [1.54, 1.807) is 0 Å². The standard InChI is InChI=1S/C63H46N2/c1-63(2)58-28-12-9-24-54(58)55-40-39-51(42-59(55)63)64(49-35-31-45(32-36-49)43-17-5-3-6-18-43)50-37-33-46(34-38-50)52-23-10-13-29-60(52)65-61-30-14-11-25-56(61)57-27-16-26-53(62(57)65)48-22-15-21-47(41-48)44-19-7-4-8-20-44/h3-42H,1-2H3. The molecule has 65 heavy (non-hydrogen) atoms. The third kappa shape index (κ3) is 6.49. The molecule has 1 heterocycles. The van der Waals surface area contributed by atoms with E-state index in [1.165, 1.54) is 83.0 Å². The number of anilines is 3. The molecule has 0 bridgehead atoms. The Morgan fingerprint density at radius 1 is 0.323 bits per heavy atom. The number of benzene rings is 10. The van der Waals surface area contributed by atoms with Gasteiger partial charge < -0.3 is 9.47 Å². The summed E-state index contributed by atoms with van der Waals surface area (Å²) >= 11 is 0. The van der Waals surface area contributed by atoms with Crippen LogP contribution in [0.15, 0.2) is 243 Å². The molecule has 0 saturated heterocycles. The first kappa shape index (κ1) is 38.5. The van der Waals surface area contributed by atoms with Gasteiger partial charge in [-0.1, -0.05) is 202 Å². The summed E-state index contributed by atoms with van der Waals surface area (Å²) < 4.78 is 2.49.